The minimum absolute atomic E-state index is 0.334. The lowest BCUT2D eigenvalue weighted by molar-refractivity contribution is 0.326. The lowest BCUT2D eigenvalue weighted by atomic mass is 10.2. The van der Waals surface area contributed by atoms with Crippen molar-refractivity contribution in [3.05, 3.63) is 48.3 Å². The summed E-state index contributed by atoms with van der Waals surface area (Å²) in [6.07, 6.45) is 5.07. The quantitative estimate of drug-likeness (QED) is 0.652. The summed E-state index contributed by atoms with van der Waals surface area (Å²) >= 11 is 0. The van der Waals surface area contributed by atoms with E-state index in [0.717, 1.165) is 11.3 Å². The average molecular weight is 286 g/mol. The second-order valence-electron chi connectivity index (χ2n) is 4.31. The molecule has 0 aliphatic heterocycles. The second kappa shape index (κ2) is 6.60. The highest BCUT2D eigenvalue weighted by Gasteiger charge is 2.09. The zero-order chi connectivity index (χ0) is 15.2. The summed E-state index contributed by atoms with van der Waals surface area (Å²) in [6.45, 7) is 5.88. The van der Waals surface area contributed by atoms with E-state index in [1.54, 1.807) is 25.6 Å². The zero-order valence-corrected chi connectivity index (χ0v) is 12.1. The van der Waals surface area contributed by atoms with Gasteiger partial charge >= 0.3 is 0 Å². The Morgan fingerprint density at radius 3 is 2.90 bits per heavy atom. The van der Waals surface area contributed by atoms with E-state index in [2.05, 4.69) is 16.7 Å². The van der Waals surface area contributed by atoms with E-state index in [4.69, 9.17) is 15.2 Å². The number of ether oxygens (including phenoxy) is 2. The molecule has 1 heterocycles. The van der Waals surface area contributed by atoms with Crippen molar-refractivity contribution in [3.8, 4) is 11.5 Å². The van der Waals surface area contributed by atoms with Crippen molar-refractivity contribution in [1.82, 2.24) is 9.66 Å². The van der Waals surface area contributed by atoms with Gasteiger partial charge in [0.25, 0.3) is 0 Å². The van der Waals surface area contributed by atoms with Gasteiger partial charge in [0.1, 0.15) is 6.61 Å². The van der Waals surface area contributed by atoms with Crippen molar-refractivity contribution in [3.63, 3.8) is 0 Å². The van der Waals surface area contributed by atoms with Crippen molar-refractivity contribution in [2.75, 3.05) is 19.5 Å². The Balaban J connectivity index is 2.34. The van der Waals surface area contributed by atoms with Gasteiger partial charge in [-0.1, -0.05) is 18.7 Å². The molecular formula is C15H18N4O2. The van der Waals surface area contributed by atoms with Crippen molar-refractivity contribution in [1.29, 1.82) is 0 Å². The van der Waals surface area contributed by atoms with Crippen LogP contribution >= 0.6 is 0 Å². The first-order valence-electron chi connectivity index (χ1n) is 6.42. The van der Waals surface area contributed by atoms with Crippen LogP contribution in [0.1, 0.15) is 11.3 Å². The molecule has 0 radical (unpaired) electrons. The van der Waals surface area contributed by atoms with Gasteiger partial charge in [0, 0.05) is 5.56 Å². The number of methoxy groups -OCH3 is 1. The highest BCUT2D eigenvalue weighted by atomic mass is 16.5. The minimum atomic E-state index is 0.334. The average Bonchev–Trinajstić information content (AvgIpc) is 2.80. The number of imidazole rings is 1. The summed E-state index contributed by atoms with van der Waals surface area (Å²) in [6, 6.07) is 5.57. The van der Waals surface area contributed by atoms with Gasteiger partial charge in [0.15, 0.2) is 11.5 Å². The van der Waals surface area contributed by atoms with Crippen LogP contribution in [0.25, 0.3) is 0 Å². The Hall–Kier alpha value is -2.76. The first-order valence-corrected chi connectivity index (χ1v) is 6.42. The largest absolute Gasteiger partial charge is 0.493 e. The fraction of sp³-hybridized carbons (Fsp3) is 0.200. The van der Waals surface area contributed by atoms with Gasteiger partial charge in [0.05, 0.1) is 25.2 Å². The molecule has 0 bridgehead atoms. The molecule has 2 rings (SSSR count). The number of nitrogen functional groups attached to an aromatic ring is 1. The van der Waals surface area contributed by atoms with Crippen molar-refractivity contribution < 1.29 is 9.47 Å². The van der Waals surface area contributed by atoms with E-state index >= 15 is 0 Å². The maximum absolute atomic E-state index is 5.75. The lowest BCUT2D eigenvalue weighted by Crippen LogP contribution is -2.01. The van der Waals surface area contributed by atoms with Gasteiger partial charge < -0.3 is 15.2 Å². The summed E-state index contributed by atoms with van der Waals surface area (Å²) in [4.78, 5) is 4.09. The molecule has 0 amide bonds. The smallest absolute Gasteiger partial charge is 0.221 e. The van der Waals surface area contributed by atoms with Crippen molar-refractivity contribution in [2.45, 2.75) is 6.92 Å². The summed E-state index contributed by atoms with van der Waals surface area (Å²) < 4.78 is 12.4. The van der Waals surface area contributed by atoms with Gasteiger partial charge in [-0.25, -0.2) is 9.66 Å². The second-order valence-corrected chi connectivity index (χ2v) is 4.31. The molecule has 2 N–H and O–H groups in total. The first-order chi connectivity index (χ1) is 10.2. The van der Waals surface area contributed by atoms with E-state index in [9.17, 15) is 0 Å². The number of rotatable bonds is 6. The van der Waals surface area contributed by atoms with E-state index in [1.807, 2.05) is 25.1 Å². The van der Waals surface area contributed by atoms with Gasteiger partial charge in [-0.2, -0.15) is 5.10 Å². The van der Waals surface area contributed by atoms with Crippen LogP contribution in [0.15, 0.2) is 42.2 Å². The van der Waals surface area contributed by atoms with Crippen LogP contribution in [0, 0.1) is 6.92 Å². The molecule has 0 saturated heterocycles. The Morgan fingerprint density at radius 1 is 1.48 bits per heavy atom. The molecule has 0 aliphatic rings. The van der Waals surface area contributed by atoms with Crippen LogP contribution in [-0.4, -0.2) is 29.6 Å². The van der Waals surface area contributed by atoms with E-state index < -0.39 is 0 Å². The van der Waals surface area contributed by atoms with Crippen molar-refractivity contribution in [2.24, 2.45) is 5.10 Å². The van der Waals surface area contributed by atoms with Crippen molar-refractivity contribution >= 4 is 12.2 Å². The molecule has 0 aliphatic carbocycles. The highest BCUT2D eigenvalue weighted by Crippen LogP contribution is 2.30. The number of anilines is 1. The zero-order valence-electron chi connectivity index (χ0n) is 12.1. The van der Waals surface area contributed by atoms with Gasteiger partial charge in [-0.05, 0) is 19.1 Å². The number of nitrogens with zero attached hydrogens (tertiary/aromatic N) is 3. The van der Waals surface area contributed by atoms with Crippen LogP contribution in [0.3, 0.4) is 0 Å². The maximum atomic E-state index is 5.75. The molecule has 21 heavy (non-hydrogen) atoms. The number of aromatic nitrogens is 2. The van der Waals surface area contributed by atoms with E-state index in [1.165, 1.54) is 4.68 Å². The monoisotopic (exact) mass is 286 g/mol. The third-order valence-corrected chi connectivity index (χ3v) is 2.73. The van der Waals surface area contributed by atoms with Crippen LogP contribution < -0.4 is 15.2 Å². The number of hydrogen-bond donors (Lipinski definition) is 1. The van der Waals surface area contributed by atoms with E-state index in [0.29, 0.717) is 24.1 Å². The molecule has 0 saturated carbocycles. The van der Waals surface area contributed by atoms with Gasteiger partial charge in [-0.3, -0.25) is 0 Å². The topological polar surface area (TPSA) is 74.7 Å². The summed E-state index contributed by atoms with van der Waals surface area (Å²) in [7, 11) is 1.59. The number of nitrogens with two attached hydrogens (primary N) is 1. The third-order valence-electron chi connectivity index (χ3n) is 2.73. The van der Waals surface area contributed by atoms with Gasteiger partial charge in [-0.15, -0.1) is 0 Å². The fourth-order valence-corrected chi connectivity index (χ4v) is 1.81. The molecule has 6 heteroatoms. The molecule has 0 unspecified atom stereocenters. The molecule has 0 spiro atoms. The van der Waals surface area contributed by atoms with Crippen LogP contribution in [0.5, 0.6) is 11.5 Å². The summed E-state index contributed by atoms with van der Waals surface area (Å²) in [5, 5.41) is 4.28. The predicted octanol–water partition coefficient (Wildman–Crippen LogP) is 2.23. The highest BCUT2D eigenvalue weighted by molar-refractivity contribution is 5.85. The summed E-state index contributed by atoms with van der Waals surface area (Å²) in [5.74, 6) is 1.58. The SMILES string of the molecule is C=CCOc1c(C=Nn2cc(C)nc2N)cccc1OC. The van der Waals surface area contributed by atoms with Crippen LogP contribution in [0.4, 0.5) is 5.95 Å². The van der Waals surface area contributed by atoms with E-state index in [-0.39, 0.29) is 0 Å². The Bertz CT molecular complexity index is 662. The molecule has 1 aromatic carbocycles. The van der Waals surface area contributed by atoms with Crippen LogP contribution in [0.2, 0.25) is 0 Å². The standard InChI is InChI=1S/C15H18N4O2/c1-4-8-21-14-12(6-5-7-13(14)20-3)9-17-19-10-11(2)18-15(19)16/h4-7,9-10H,1,8H2,2-3H3,(H2,16,18). The molecule has 0 atom stereocenters. The molecule has 0 fully saturated rings. The number of benzene rings is 1. The minimum Gasteiger partial charge on any atom is -0.493 e. The number of aryl methyl sites for hydroxylation is 1. The first kappa shape index (κ1) is 14.6. The Labute approximate surface area is 123 Å². The number of hydrogen-bond acceptors (Lipinski definition) is 5. The molecule has 6 nitrogen and oxygen atoms in total. The lowest BCUT2D eigenvalue weighted by Gasteiger charge is -2.11. The third kappa shape index (κ3) is 3.42. The Morgan fingerprint density at radius 2 is 2.29 bits per heavy atom. The molecule has 1 aromatic heterocycles. The van der Waals surface area contributed by atoms with Gasteiger partial charge in [0.2, 0.25) is 5.95 Å². The van der Waals surface area contributed by atoms with Crippen LogP contribution in [-0.2, 0) is 0 Å². The summed E-state index contributed by atoms with van der Waals surface area (Å²) in [5.41, 5.74) is 7.33. The Kier molecular flexibility index (Phi) is 4.61. The molecule has 110 valence electrons. The normalized spacial score (nSPS) is 10.8. The molecular weight excluding hydrogens is 268 g/mol. The fourth-order valence-electron chi connectivity index (χ4n) is 1.81. The number of para-hydroxylation sites is 1. The molecule has 2 aromatic rings. The maximum Gasteiger partial charge on any atom is 0.221 e. The predicted molar refractivity (Wildman–Crippen MR) is 83.1 cm³/mol.